The van der Waals surface area contributed by atoms with E-state index < -0.39 is 12.1 Å². The summed E-state index contributed by atoms with van der Waals surface area (Å²) in [6, 6.07) is 0. The molecule has 1 aliphatic heterocycles. The van der Waals surface area contributed by atoms with Crippen molar-refractivity contribution >= 4 is 5.97 Å². The van der Waals surface area contributed by atoms with Crippen LogP contribution in [0.3, 0.4) is 0 Å². The molecule has 0 aromatic carbocycles. The standard InChI is InChI=1S/C11H16O3/c1-4-5-6-8-10(12)9(7(2)3)11(13)14-8/h8,12H,2,4-6H2,1,3H3. The quantitative estimate of drug-likeness (QED) is 0.703. The Bertz CT molecular complexity index is 289. The molecule has 0 saturated carbocycles. The van der Waals surface area contributed by atoms with Crippen LogP contribution in [0.25, 0.3) is 0 Å². The molecule has 1 atom stereocenters. The monoisotopic (exact) mass is 196 g/mol. The number of hydrogen-bond donors (Lipinski definition) is 1. The van der Waals surface area contributed by atoms with Crippen LogP contribution < -0.4 is 0 Å². The van der Waals surface area contributed by atoms with E-state index >= 15 is 0 Å². The molecule has 3 nitrogen and oxygen atoms in total. The molecule has 14 heavy (non-hydrogen) atoms. The molecule has 0 aliphatic carbocycles. The number of rotatable bonds is 4. The Kier molecular flexibility index (Phi) is 3.33. The summed E-state index contributed by atoms with van der Waals surface area (Å²) in [5.74, 6) is -0.396. The maximum atomic E-state index is 11.3. The van der Waals surface area contributed by atoms with Crippen LogP contribution >= 0.6 is 0 Å². The maximum Gasteiger partial charge on any atom is 0.342 e. The molecule has 0 aromatic rings. The normalized spacial score (nSPS) is 21.3. The van der Waals surface area contributed by atoms with Crippen LogP contribution in [-0.2, 0) is 9.53 Å². The van der Waals surface area contributed by atoms with Crippen LogP contribution in [0.2, 0.25) is 0 Å². The Hall–Kier alpha value is -1.25. The van der Waals surface area contributed by atoms with Crippen LogP contribution in [0.1, 0.15) is 33.1 Å². The lowest BCUT2D eigenvalue weighted by Gasteiger charge is -2.08. The topological polar surface area (TPSA) is 46.5 Å². The third-order valence-electron chi connectivity index (χ3n) is 2.26. The van der Waals surface area contributed by atoms with E-state index in [1.54, 1.807) is 6.92 Å². The van der Waals surface area contributed by atoms with Gasteiger partial charge >= 0.3 is 5.97 Å². The fraction of sp³-hybridized carbons (Fsp3) is 0.545. The van der Waals surface area contributed by atoms with Gasteiger partial charge in [0.1, 0.15) is 11.3 Å². The molecule has 78 valence electrons. The summed E-state index contributed by atoms with van der Waals surface area (Å²) in [5.41, 5.74) is 0.817. The zero-order chi connectivity index (χ0) is 10.7. The van der Waals surface area contributed by atoms with E-state index in [0.717, 1.165) is 12.8 Å². The molecule has 0 radical (unpaired) electrons. The highest BCUT2D eigenvalue weighted by Crippen LogP contribution is 2.28. The van der Waals surface area contributed by atoms with Gasteiger partial charge in [-0.15, -0.1) is 0 Å². The number of esters is 1. The van der Waals surface area contributed by atoms with Gasteiger partial charge in [-0.2, -0.15) is 0 Å². The van der Waals surface area contributed by atoms with Crippen molar-refractivity contribution in [3.63, 3.8) is 0 Å². The summed E-state index contributed by atoms with van der Waals surface area (Å²) in [7, 11) is 0. The van der Waals surface area contributed by atoms with Gasteiger partial charge in [0.2, 0.25) is 0 Å². The summed E-state index contributed by atoms with van der Waals surface area (Å²) < 4.78 is 5.03. The molecule has 3 heteroatoms. The van der Waals surface area contributed by atoms with Crippen molar-refractivity contribution in [1.29, 1.82) is 0 Å². The number of ether oxygens (including phenoxy) is 1. The molecular formula is C11H16O3. The highest BCUT2D eigenvalue weighted by molar-refractivity contribution is 5.96. The van der Waals surface area contributed by atoms with E-state index in [4.69, 9.17) is 4.74 Å². The Morgan fingerprint density at radius 1 is 1.64 bits per heavy atom. The van der Waals surface area contributed by atoms with Crippen LogP contribution in [0.15, 0.2) is 23.5 Å². The first-order valence-electron chi connectivity index (χ1n) is 4.88. The highest BCUT2D eigenvalue weighted by Gasteiger charge is 2.33. The molecular weight excluding hydrogens is 180 g/mol. The van der Waals surface area contributed by atoms with Crippen molar-refractivity contribution in [2.24, 2.45) is 0 Å². The number of aliphatic hydroxyl groups is 1. The molecule has 1 unspecified atom stereocenters. The lowest BCUT2D eigenvalue weighted by atomic mass is 10.1. The molecule has 0 saturated heterocycles. The van der Waals surface area contributed by atoms with E-state index in [-0.39, 0.29) is 11.3 Å². The van der Waals surface area contributed by atoms with Crippen molar-refractivity contribution in [2.45, 2.75) is 39.2 Å². The average molecular weight is 196 g/mol. The molecule has 0 spiro atoms. The van der Waals surface area contributed by atoms with Gasteiger partial charge in [0.05, 0.1) is 0 Å². The second-order valence-electron chi connectivity index (χ2n) is 3.58. The minimum atomic E-state index is -0.450. The van der Waals surface area contributed by atoms with E-state index in [0.29, 0.717) is 12.0 Å². The van der Waals surface area contributed by atoms with Crippen LogP contribution in [-0.4, -0.2) is 17.2 Å². The summed E-state index contributed by atoms with van der Waals surface area (Å²) >= 11 is 0. The first kappa shape index (κ1) is 10.8. The number of unbranched alkanes of at least 4 members (excludes halogenated alkanes) is 1. The van der Waals surface area contributed by atoms with Crippen molar-refractivity contribution in [1.82, 2.24) is 0 Å². The second kappa shape index (κ2) is 4.31. The van der Waals surface area contributed by atoms with Gasteiger partial charge in [0, 0.05) is 0 Å². The third-order valence-corrected chi connectivity index (χ3v) is 2.26. The van der Waals surface area contributed by atoms with Gasteiger partial charge in [-0.05, 0) is 25.3 Å². The Morgan fingerprint density at radius 2 is 2.29 bits per heavy atom. The van der Waals surface area contributed by atoms with E-state index in [2.05, 4.69) is 13.5 Å². The molecule has 1 aliphatic rings. The smallest absolute Gasteiger partial charge is 0.342 e. The van der Waals surface area contributed by atoms with Crippen LogP contribution in [0, 0.1) is 0 Å². The molecule has 1 N–H and O–H groups in total. The summed E-state index contributed by atoms with van der Waals surface area (Å²) in [4.78, 5) is 11.3. The molecule has 0 aromatic heterocycles. The Morgan fingerprint density at radius 3 is 2.71 bits per heavy atom. The SMILES string of the molecule is C=C(C)C1=C(O)C(CCCC)OC1=O. The van der Waals surface area contributed by atoms with E-state index in [9.17, 15) is 9.90 Å². The number of carbonyl (C=O) groups is 1. The van der Waals surface area contributed by atoms with Crippen molar-refractivity contribution in [3.8, 4) is 0 Å². The zero-order valence-electron chi connectivity index (χ0n) is 8.67. The summed E-state index contributed by atoms with van der Waals surface area (Å²) in [5, 5.41) is 9.69. The molecule has 0 fully saturated rings. The second-order valence-corrected chi connectivity index (χ2v) is 3.58. The fourth-order valence-electron chi connectivity index (χ4n) is 1.49. The van der Waals surface area contributed by atoms with Gasteiger partial charge in [0.25, 0.3) is 0 Å². The van der Waals surface area contributed by atoms with Gasteiger partial charge < -0.3 is 9.84 Å². The first-order chi connectivity index (χ1) is 6.57. The minimum Gasteiger partial charge on any atom is -0.507 e. The van der Waals surface area contributed by atoms with Gasteiger partial charge in [-0.1, -0.05) is 19.9 Å². The largest absolute Gasteiger partial charge is 0.507 e. The third kappa shape index (κ3) is 1.97. The lowest BCUT2D eigenvalue weighted by Crippen LogP contribution is -2.11. The first-order valence-corrected chi connectivity index (χ1v) is 4.88. The van der Waals surface area contributed by atoms with Crippen molar-refractivity contribution in [2.75, 3.05) is 0 Å². The van der Waals surface area contributed by atoms with Gasteiger partial charge in [0.15, 0.2) is 6.10 Å². The van der Waals surface area contributed by atoms with Crippen molar-refractivity contribution < 1.29 is 14.6 Å². The predicted octanol–water partition coefficient (Wildman–Crippen LogP) is 2.49. The number of hydrogen-bond acceptors (Lipinski definition) is 3. The summed E-state index contributed by atoms with van der Waals surface area (Å²) in [6.07, 6.45) is 2.19. The van der Waals surface area contributed by atoms with Crippen LogP contribution in [0.5, 0.6) is 0 Å². The minimum absolute atomic E-state index is 0.0518. The summed E-state index contributed by atoms with van der Waals surface area (Å²) in [6.45, 7) is 7.38. The van der Waals surface area contributed by atoms with E-state index in [1.165, 1.54) is 0 Å². The fourth-order valence-corrected chi connectivity index (χ4v) is 1.49. The van der Waals surface area contributed by atoms with Gasteiger partial charge in [-0.25, -0.2) is 4.79 Å². The Balaban J connectivity index is 2.77. The zero-order valence-corrected chi connectivity index (χ0v) is 8.67. The maximum absolute atomic E-state index is 11.3. The predicted molar refractivity (Wildman–Crippen MR) is 53.9 cm³/mol. The average Bonchev–Trinajstić information content (AvgIpc) is 2.38. The van der Waals surface area contributed by atoms with Gasteiger partial charge in [-0.3, -0.25) is 0 Å². The van der Waals surface area contributed by atoms with E-state index in [1.807, 2.05) is 0 Å². The number of aliphatic hydroxyl groups excluding tert-OH is 1. The van der Waals surface area contributed by atoms with Crippen molar-refractivity contribution in [3.05, 3.63) is 23.5 Å². The molecule has 1 rings (SSSR count). The lowest BCUT2D eigenvalue weighted by molar-refractivity contribution is -0.140. The Labute approximate surface area is 84.1 Å². The highest BCUT2D eigenvalue weighted by atomic mass is 16.6. The molecule has 1 heterocycles. The number of cyclic esters (lactones) is 1. The van der Waals surface area contributed by atoms with Crippen LogP contribution in [0.4, 0.5) is 0 Å². The molecule has 0 amide bonds. The molecule has 0 bridgehead atoms. The number of carbonyl (C=O) groups excluding carboxylic acids is 1.